The Bertz CT molecular complexity index is 376. The monoisotopic (exact) mass is 213 g/mol. The number of ether oxygens (including phenoxy) is 1. The van der Waals surface area contributed by atoms with E-state index < -0.39 is 4.92 Å². The van der Waals surface area contributed by atoms with Gasteiger partial charge in [0, 0.05) is 16.7 Å². The summed E-state index contributed by atoms with van der Waals surface area (Å²) >= 11 is 5.81. The largest absolute Gasteiger partial charge is 0.497 e. The summed E-state index contributed by atoms with van der Waals surface area (Å²) in [7, 11) is 1.52. The quantitative estimate of drug-likeness (QED) is 0.573. The van der Waals surface area contributed by atoms with E-state index in [2.05, 4.69) is 0 Å². The molecule has 0 spiro atoms. The SMILES string of the molecule is COc1ccc(Cl)c(/C=C/[N+](=O)[O-])c1. The second kappa shape index (κ2) is 4.62. The Morgan fingerprint density at radius 1 is 1.57 bits per heavy atom. The summed E-state index contributed by atoms with van der Waals surface area (Å²) in [5.41, 5.74) is 0.558. The lowest BCUT2D eigenvalue weighted by atomic mass is 10.2. The molecule has 0 radical (unpaired) electrons. The molecule has 1 rings (SSSR count). The van der Waals surface area contributed by atoms with E-state index in [4.69, 9.17) is 16.3 Å². The Kier molecular flexibility index (Phi) is 3.48. The Morgan fingerprint density at radius 2 is 2.29 bits per heavy atom. The highest BCUT2D eigenvalue weighted by Gasteiger charge is 2.00. The zero-order valence-corrected chi connectivity index (χ0v) is 8.19. The van der Waals surface area contributed by atoms with Crippen LogP contribution < -0.4 is 4.74 Å². The zero-order valence-electron chi connectivity index (χ0n) is 7.44. The second-order valence-electron chi connectivity index (χ2n) is 2.49. The third kappa shape index (κ3) is 2.74. The van der Waals surface area contributed by atoms with E-state index in [-0.39, 0.29) is 0 Å². The standard InChI is InChI=1S/C9H8ClNO3/c1-14-8-2-3-9(10)7(6-8)4-5-11(12)13/h2-6H,1H3/b5-4+. The topological polar surface area (TPSA) is 52.4 Å². The summed E-state index contributed by atoms with van der Waals surface area (Å²) in [6, 6.07) is 4.94. The molecule has 0 aliphatic carbocycles. The van der Waals surface area contributed by atoms with Crippen LogP contribution in [-0.2, 0) is 0 Å². The van der Waals surface area contributed by atoms with Gasteiger partial charge in [-0.1, -0.05) is 11.6 Å². The number of methoxy groups -OCH3 is 1. The zero-order chi connectivity index (χ0) is 10.6. The predicted octanol–water partition coefficient (Wildman–Crippen LogP) is 2.60. The van der Waals surface area contributed by atoms with Crippen molar-refractivity contribution in [3.05, 3.63) is 45.1 Å². The maximum Gasteiger partial charge on any atom is 0.235 e. The van der Waals surface area contributed by atoms with E-state index in [9.17, 15) is 10.1 Å². The number of halogens is 1. The molecule has 0 fully saturated rings. The van der Waals surface area contributed by atoms with E-state index in [1.807, 2.05) is 0 Å². The molecule has 0 aliphatic heterocycles. The fourth-order valence-corrected chi connectivity index (χ4v) is 1.10. The van der Waals surface area contributed by atoms with Crippen molar-refractivity contribution in [3.63, 3.8) is 0 Å². The van der Waals surface area contributed by atoms with Gasteiger partial charge in [-0.15, -0.1) is 0 Å². The molecule has 14 heavy (non-hydrogen) atoms. The van der Waals surface area contributed by atoms with Gasteiger partial charge >= 0.3 is 0 Å². The molecular formula is C9H8ClNO3. The van der Waals surface area contributed by atoms with Gasteiger partial charge in [0.1, 0.15) is 5.75 Å². The van der Waals surface area contributed by atoms with Crippen molar-refractivity contribution in [2.75, 3.05) is 7.11 Å². The van der Waals surface area contributed by atoms with Crippen molar-refractivity contribution in [2.24, 2.45) is 0 Å². The third-order valence-corrected chi connectivity index (χ3v) is 1.92. The third-order valence-electron chi connectivity index (χ3n) is 1.58. The van der Waals surface area contributed by atoms with Crippen molar-refractivity contribution in [3.8, 4) is 5.75 Å². The van der Waals surface area contributed by atoms with Crippen molar-refractivity contribution in [1.82, 2.24) is 0 Å². The molecule has 0 aliphatic rings. The molecule has 0 bridgehead atoms. The van der Waals surface area contributed by atoms with Crippen LogP contribution >= 0.6 is 11.6 Å². The van der Waals surface area contributed by atoms with E-state index in [0.29, 0.717) is 16.3 Å². The van der Waals surface area contributed by atoms with Crippen molar-refractivity contribution >= 4 is 17.7 Å². The lowest BCUT2D eigenvalue weighted by molar-refractivity contribution is -0.400. The van der Waals surface area contributed by atoms with E-state index in [1.165, 1.54) is 13.2 Å². The van der Waals surface area contributed by atoms with Crippen molar-refractivity contribution in [1.29, 1.82) is 0 Å². The van der Waals surface area contributed by atoms with Crippen LogP contribution in [0.2, 0.25) is 5.02 Å². The van der Waals surface area contributed by atoms with Crippen LogP contribution in [0, 0.1) is 10.1 Å². The first-order valence-electron chi connectivity index (χ1n) is 3.78. The van der Waals surface area contributed by atoms with Gasteiger partial charge in [0.05, 0.1) is 12.0 Å². The Balaban J connectivity index is 3.00. The first-order valence-corrected chi connectivity index (χ1v) is 4.16. The summed E-state index contributed by atoms with van der Waals surface area (Å²) in [5.74, 6) is 0.609. The minimum atomic E-state index is -0.546. The highest BCUT2D eigenvalue weighted by Crippen LogP contribution is 2.22. The van der Waals surface area contributed by atoms with Gasteiger partial charge in [-0.25, -0.2) is 0 Å². The van der Waals surface area contributed by atoms with Crippen LogP contribution in [0.15, 0.2) is 24.4 Å². The van der Waals surface area contributed by atoms with E-state index in [1.54, 1.807) is 18.2 Å². The molecule has 0 amide bonds. The van der Waals surface area contributed by atoms with E-state index in [0.717, 1.165) is 6.20 Å². The van der Waals surface area contributed by atoms with Crippen LogP contribution in [0.1, 0.15) is 5.56 Å². The predicted molar refractivity (Wildman–Crippen MR) is 54.0 cm³/mol. The van der Waals surface area contributed by atoms with Crippen molar-refractivity contribution < 1.29 is 9.66 Å². The maximum atomic E-state index is 10.1. The number of nitro groups is 1. The van der Waals surface area contributed by atoms with Gasteiger partial charge in [-0.3, -0.25) is 10.1 Å². The van der Waals surface area contributed by atoms with Crippen LogP contribution in [0.3, 0.4) is 0 Å². The molecule has 0 saturated carbocycles. The molecule has 1 aromatic carbocycles. The lowest BCUT2D eigenvalue weighted by Gasteiger charge is -2.01. The number of hydrogen-bond donors (Lipinski definition) is 0. The number of rotatable bonds is 3. The van der Waals surface area contributed by atoms with Crippen LogP contribution in [-0.4, -0.2) is 12.0 Å². The van der Waals surface area contributed by atoms with Gasteiger partial charge in [0.25, 0.3) is 0 Å². The van der Waals surface area contributed by atoms with Crippen LogP contribution in [0.25, 0.3) is 6.08 Å². The fraction of sp³-hybridized carbons (Fsp3) is 0.111. The minimum Gasteiger partial charge on any atom is -0.497 e. The summed E-state index contributed by atoms with van der Waals surface area (Å²) in [4.78, 5) is 9.54. The lowest BCUT2D eigenvalue weighted by Crippen LogP contribution is -1.86. The van der Waals surface area contributed by atoms with Gasteiger partial charge in [-0.2, -0.15) is 0 Å². The smallest absolute Gasteiger partial charge is 0.235 e. The summed E-state index contributed by atoms with van der Waals surface area (Å²) in [5, 5.41) is 10.5. The molecule has 0 saturated heterocycles. The van der Waals surface area contributed by atoms with Gasteiger partial charge in [0.15, 0.2) is 0 Å². The fourth-order valence-electron chi connectivity index (χ4n) is 0.918. The molecule has 0 aromatic heterocycles. The van der Waals surface area contributed by atoms with Crippen LogP contribution in [0.4, 0.5) is 0 Å². The molecule has 4 nitrogen and oxygen atoms in total. The Morgan fingerprint density at radius 3 is 2.86 bits per heavy atom. The van der Waals surface area contributed by atoms with Gasteiger partial charge in [0.2, 0.25) is 6.20 Å². The molecule has 0 N–H and O–H groups in total. The van der Waals surface area contributed by atoms with E-state index >= 15 is 0 Å². The minimum absolute atomic E-state index is 0.448. The average molecular weight is 214 g/mol. The first-order chi connectivity index (χ1) is 6.63. The molecule has 74 valence electrons. The Labute approximate surface area is 85.9 Å². The van der Waals surface area contributed by atoms with Crippen LogP contribution in [0.5, 0.6) is 5.75 Å². The van der Waals surface area contributed by atoms with Gasteiger partial charge < -0.3 is 4.74 Å². The molecule has 5 heteroatoms. The maximum absolute atomic E-state index is 10.1. The number of hydrogen-bond acceptors (Lipinski definition) is 3. The normalized spacial score (nSPS) is 10.4. The number of benzene rings is 1. The summed E-state index contributed by atoms with van der Waals surface area (Å²) in [6.07, 6.45) is 2.16. The first kappa shape index (κ1) is 10.5. The summed E-state index contributed by atoms with van der Waals surface area (Å²) < 4.78 is 4.95. The molecule has 0 atom stereocenters. The van der Waals surface area contributed by atoms with Gasteiger partial charge in [-0.05, 0) is 18.2 Å². The molecule has 0 unspecified atom stereocenters. The highest BCUT2D eigenvalue weighted by atomic mass is 35.5. The molecular weight excluding hydrogens is 206 g/mol. The molecule has 1 aromatic rings. The second-order valence-corrected chi connectivity index (χ2v) is 2.90. The average Bonchev–Trinajstić information content (AvgIpc) is 2.16. The Hall–Kier alpha value is -1.55. The highest BCUT2D eigenvalue weighted by molar-refractivity contribution is 6.32. The number of nitrogens with zero attached hydrogens (tertiary/aromatic N) is 1. The van der Waals surface area contributed by atoms with Crippen molar-refractivity contribution in [2.45, 2.75) is 0 Å². The molecule has 0 heterocycles. The summed E-state index contributed by atoms with van der Waals surface area (Å²) in [6.45, 7) is 0.